The van der Waals surface area contributed by atoms with E-state index < -0.39 is 42.1 Å². The molecule has 13 heteroatoms. The Morgan fingerprint density at radius 3 is 2.28 bits per heavy atom. The van der Waals surface area contributed by atoms with E-state index in [4.69, 9.17) is 9.47 Å². The molecule has 0 N–H and O–H groups in total. The van der Waals surface area contributed by atoms with E-state index in [1.165, 1.54) is 13.0 Å². The maximum absolute atomic E-state index is 15.3. The number of alkyl halides is 3. The molecule has 2 bridgehead atoms. The molecule has 36 heavy (non-hydrogen) atoms. The molecule has 2 aromatic rings. The summed E-state index contributed by atoms with van der Waals surface area (Å²) in [4.78, 5) is 36.4. The number of ketones is 1. The number of piperazine rings is 1. The van der Waals surface area contributed by atoms with Crippen molar-refractivity contribution in [2.75, 3.05) is 24.6 Å². The van der Waals surface area contributed by atoms with Gasteiger partial charge in [-0.1, -0.05) is 0 Å². The number of halogens is 5. The van der Waals surface area contributed by atoms with Gasteiger partial charge in [-0.3, -0.25) is 9.69 Å². The minimum atomic E-state index is -4.64. The van der Waals surface area contributed by atoms with Crippen LogP contribution in [0.3, 0.4) is 0 Å². The molecule has 2 aliphatic rings. The number of hydrogen-bond donors (Lipinski definition) is 0. The molecule has 0 spiro atoms. The zero-order valence-electron chi connectivity index (χ0n) is 20.1. The molecule has 0 aliphatic carbocycles. The summed E-state index contributed by atoms with van der Waals surface area (Å²) in [6.45, 7) is 5.52. The number of aromatic nitrogens is 2. The van der Waals surface area contributed by atoms with Crippen LogP contribution in [0.4, 0.5) is 28.2 Å². The van der Waals surface area contributed by atoms with Crippen LogP contribution in [-0.4, -0.2) is 70.3 Å². The maximum Gasteiger partial charge on any atom is 0.422 e. The Morgan fingerprint density at radius 1 is 1.14 bits per heavy atom. The van der Waals surface area contributed by atoms with Crippen LogP contribution < -0.4 is 9.64 Å². The van der Waals surface area contributed by atoms with Crippen LogP contribution >= 0.6 is 15.9 Å². The Labute approximate surface area is 213 Å². The molecule has 1 aromatic heterocycles. The summed E-state index contributed by atoms with van der Waals surface area (Å²) in [6.07, 6.45) is -3.70. The molecule has 2 fully saturated rings. The summed E-state index contributed by atoms with van der Waals surface area (Å²) in [5, 5.41) is 0.158. The van der Waals surface area contributed by atoms with E-state index in [0.717, 1.165) is 0 Å². The molecule has 0 saturated carbocycles. The molecule has 0 unspecified atom stereocenters. The molecular formula is C23H25BrF4N4O4. The number of anilines is 1. The second kappa shape index (κ2) is 9.31. The number of benzene rings is 1. The van der Waals surface area contributed by atoms with Gasteiger partial charge >= 0.3 is 18.3 Å². The van der Waals surface area contributed by atoms with Gasteiger partial charge < -0.3 is 14.4 Å². The normalized spacial score (nSPS) is 20.1. The van der Waals surface area contributed by atoms with Gasteiger partial charge in [-0.15, -0.1) is 0 Å². The van der Waals surface area contributed by atoms with Crippen LogP contribution in [0.25, 0.3) is 10.9 Å². The fraction of sp³-hybridized carbons (Fsp3) is 0.565. The van der Waals surface area contributed by atoms with Crippen LogP contribution in [0, 0.1) is 5.82 Å². The number of fused-ring (bicyclic) bond motifs is 3. The highest BCUT2D eigenvalue weighted by Crippen LogP contribution is 2.38. The van der Waals surface area contributed by atoms with Gasteiger partial charge in [0.25, 0.3) is 0 Å². The van der Waals surface area contributed by atoms with Gasteiger partial charge in [0.15, 0.2) is 18.2 Å². The number of rotatable bonds is 4. The van der Waals surface area contributed by atoms with E-state index in [1.54, 1.807) is 30.6 Å². The van der Waals surface area contributed by atoms with E-state index in [1.807, 2.05) is 0 Å². The third kappa shape index (κ3) is 5.35. The summed E-state index contributed by atoms with van der Waals surface area (Å²) in [7, 11) is 0. The maximum atomic E-state index is 15.3. The predicted molar refractivity (Wildman–Crippen MR) is 126 cm³/mol. The van der Waals surface area contributed by atoms with Crippen molar-refractivity contribution in [2.45, 2.75) is 64.4 Å². The summed E-state index contributed by atoms with van der Waals surface area (Å²) in [5.74, 6) is -1.19. The number of hydrogen-bond acceptors (Lipinski definition) is 7. The van der Waals surface area contributed by atoms with Gasteiger partial charge in [0, 0.05) is 24.0 Å². The first-order chi connectivity index (χ1) is 16.6. The lowest BCUT2D eigenvalue weighted by Gasteiger charge is -2.42. The highest BCUT2D eigenvalue weighted by molar-refractivity contribution is 9.10. The Bertz CT molecular complexity index is 1200. The first kappa shape index (κ1) is 26.4. The fourth-order valence-corrected chi connectivity index (χ4v) is 5.15. The first-order valence-corrected chi connectivity index (χ1v) is 12.1. The monoisotopic (exact) mass is 576 g/mol. The highest BCUT2D eigenvalue weighted by Gasteiger charge is 2.45. The molecule has 2 aliphatic heterocycles. The van der Waals surface area contributed by atoms with Crippen LogP contribution in [0.1, 0.15) is 50.9 Å². The van der Waals surface area contributed by atoms with Crippen LogP contribution in [-0.2, 0) is 4.74 Å². The molecule has 2 atom stereocenters. The lowest BCUT2D eigenvalue weighted by Crippen LogP contribution is -2.57. The van der Waals surface area contributed by atoms with Crippen molar-refractivity contribution in [2.24, 2.45) is 0 Å². The topological polar surface area (TPSA) is 84.9 Å². The van der Waals surface area contributed by atoms with Gasteiger partial charge in [-0.25, -0.2) is 9.18 Å². The van der Waals surface area contributed by atoms with E-state index in [2.05, 4.69) is 25.9 Å². The van der Waals surface area contributed by atoms with Gasteiger partial charge in [0.05, 0.1) is 16.6 Å². The molecule has 1 amide bonds. The second-order valence-electron chi connectivity index (χ2n) is 9.92. The van der Waals surface area contributed by atoms with Crippen LogP contribution in [0.15, 0.2) is 10.5 Å². The van der Waals surface area contributed by atoms with E-state index in [9.17, 15) is 22.8 Å². The molecule has 3 heterocycles. The van der Waals surface area contributed by atoms with Gasteiger partial charge in [-0.05, 0) is 62.5 Å². The lowest BCUT2D eigenvalue weighted by molar-refractivity contribution is -0.154. The second-order valence-corrected chi connectivity index (χ2v) is 10.7. The number of Topliss-reactive ketones (excluding diaryl/α,β-unsaturated/α-hetero) is 1. The SMILES string of the molecule is CC(=O)c1cc2c(N3C[C@H]4CC[C@@H](C3)N4C(=O)OC(C)(C)C)nc(OCC(F)(F)F)nc2c(F)c1Br. The third-order valence-electron chi connectivity index (χ3n) is 5.96. The van der Waals surface area contributed by atoms with Gasteiger partial charge in [-0.2, -0.15) is 23.1 Å². The minimum absolute atomic E-state index is 0.0455. The van der Waals surface area contributed by atoms with Crippen molar-refractivity contribution in [1.82, 2.24) is 14.9 Å². The standard InChI is InChI=1S/C23H25BrF4N4O4/c1-11(33)14-7-15-18(17(25)16(14)24)29-20(35-10-23(26,27)28)30-19(15)31-8-12-5-6-13(9-31)32(12)21(34)36-22(2,3)4/h7,12-13H,5-6,8-10H2,1-4H3/t12-,13+. The Hall–Kier alpha value is -2.70. The molecule has 8 nitrogen and oxygen atoms in total. The van der Waals surface area contributed by atoms with Crippen molar-refractivity contribution in [3.05, 3.63) is 21.9 Å². The zero-order valence-corrected chi connectivity index (χ0v) is 21.7. The van der Waals surface area contributed by atoms with Crippen molar-refractivity contribution >= 4 is 44.5 Å². The highest BCUT2D eigenvalue weighted by atomic mass is 79.9. The van der Waals surface area contributed by atoms with Crippen molar-refractivity contribution in [3.63, 3.8) is 0 Å². The molecule has 4 rings (SSSR count). The van der Waals surface area contributed by atoms with Gasteiger partial charge in [0.1, 0.15) is 16.9 Å². The van der Waals surface area contributed by atoms with Crippen LogP contribution in [0.5, 0.6) is 6.01 Å². The van der Waals surface area contributed by atoms with E-state index >= 15 is 4.39 Å². The van der Waals surface area contributed by atoms with E-state index in [-0.39, 0.29) is 51.9 Å². The number of carbonyl (C=O) groups is 2. The molecule has 2 saturated heterocycles. The average Bonchev–Trinajstić information content (AvgIpc) is 3.02. The summed E-state index contributed by atoms with van der Waals surface area (Å²) in [6, 6.07) is 0.292. The molecule has 0 radical (unpaired) electrons. The fourth-order valence-electron chi connectivity index (χ4n) is 4.56. The zero-order chi connectivity index (χ0) is 26.6. The Kier molecular flexibility index (Phi) is 6.82. The van der Waals surface area contributed by atoms with Crippen molar-refractivity contribution in [3.8, 4) is 6.01 Å². The third-order valence-corrected chi connectivity index (χ3v) is 6.74. The molecule has 196 valence electrons. The number of nitrogens with zero attached hydrogens (tertiary/aromatic N) is 4. The molecule has 1 aromatic carbocycles. The minimum Gasteiger partial charge on any atom is -0.454 e. The predicted octanol–water partition coefficient (Wildman–Crippen LogP) is 5.26. The first-order valence-electron chi connectivity index (χ1n) is 11.3. The number of ether oxygens (including phenoxy) is 2. The average molecular weight is 577 g/mol. The molecular weight excluding hydrogens is 552 g/mol. The van der Waals surface area contributed by atoms with E-state index in [0.29, 0.717) is 12.8 Å². The Balaban J connectivity index is 1.76. The largest absolute Gasteiger partial charge is 0.454 e. The van der Waals surface area contributed by atoms with Gasteiger partial charge in [0.2, 0.25) is 0 Å². The van der Waals surface area contributed by atoms with Crippen molar-refractivity contribution in [1.29, 1.82) is 0 Å². The van der Waals surface area contributed by atoms with Crippen molar-refractivity contribution < 1.29 is 36.6 Å². The quantitative estimate of drug-likeness (QED) is 0.362. The Morgan fingerprint density at radius 2 is 1.75 bits per heavy atom. The lowest BCUT2D eigenvalue weighted by atomic mass is 10.1. The number of amides is 1. The summed E-state index contributed by atoms with van der Waals surface area (Å²) >= 11 is 3.05. The smallest absolute Gasteiger partial charge is 0.422 e. The van der Waals surface area contributed by atoms with Crippen LogP contribution in [0.2, 0.25) is 0 Å². The summed E-state index contributed by atoms with van der Waals surface area (Å²) < 4.78 is 63.8. The summed E-state index contributed by atoms with van der Waals surface area (Å²) in [5.41, 5.74) is -0.907. The number of carbonyl (C=O) groups excluding carboxylic acids is 2.